The number of nitrogens with one attached hydrogen (secondary N) is 1. The number of benzene rings is 2. The Morgan fingerprint density at radius 2 is 2.10 bits per heavy atom. The molecule has 5 heteroatoms. The van der Waals surface area contributed by atoms with Crippen LogP contribution < -0.4 is 15.8 Å². The molecule has 0 unspecified atom stereocenters. The van der Waals surface area contributed by atoms with Gasteiger partial charge in [-0.2, -0.15) is 0 Å². The fraction of sp³-hybridized carbons (Fsp3) is 0.188. The quantitative estimate of drug-likeness (QED) is 0.850. The molecule has 2 rings (SSSR count). The monoisotopic (exact) mass is 288 g/mol. The molecule has 21 heavy (non-hydrogen) atoms. The highest BCUT2D eigenvalue weighted by molar-refractivity contribution is 5.94. The third-order valence-corrected chi connectivity index (χ3v) is 3.34. The number of rotatable bonds is 4. The zero-order chi connectivity index (χ0) is 15.4. The van der Waals surface area contributed by atoms with Gasteiger partial charge in [-0.05, 0) is 42.3 Å². The molecule has 0 aliphatic heterocycles. The van der Waals surface area contributed by atoms with Crippen LogP contribution in [0.3, 0.4) is 0 Å². The summed E-state index contributed by atoms with van der Waals surface area (Å²) in [6.07, 6.45) is 0. The number of hydrogen-bond acceptors (Lipinski definition) is 3. The number of ether oxygens (including phenoxy) is 1. The van der Waals surface area contributed by atoms with Gasteiger partial charge in [0.15, 0.2) is 11.6 Å². The van der Waals surface area contributed by atoms with Gasteiger partial charge in [0, 0.05) is 17.8 Å². The van der Waals surface area contributed by atoms with Crippen LogP contribution in [0.5, 0.6) is 5.75 Å². The molecule has 0 spiro atoms. The van der Waals surface area contributed by atoms with E-state index >= 15 is 0 Å². The van der Waals surface area contributed by atoms with Gasteiger partial charge in [0.2, 0.25) is 0 Å². The van der Waals surface area contributed by atoms with Crippen LogP contribution in [0, 0.1) is 12.7 Å². The fourth-order valence-electron chi connectivity index (χ4n) is 1.97. The van der Waals surface area contributed by atoms with Crippen molar-refractivity contribution in [1.82, 2.24) is 5.32 Å². The van der Waals surface area contributed by atoms with E-state index in [2.05, 4.69) is 5.32 Å². The maximum Gasteiger partial charge on any atom is 0.251 e. The first-order chi connectivity index (χ1) is 10.0. The van der Waals surface area contributed by atoms with E-state index in [1.54, 1.807) is 0 Å². The van der Waals surface area contributed by atoms with E-state index in [9.17, 15) is 9.18 Å². The molecule has 3 N–H and O–H groups in total. The van der Waals surface area contributed by atoms with Crippen molar-refractivity contribution in [2.75, 3.05) is 12.8 Å². The third kappa shape index (κ3) is 3.31. The molecule has 2 aromatic carbocycles. The highest BCUT2D eigenvalue weighted by Crippen LogP contribution is 2.19. The lowest BCUT2D eigenvalue weighted by Gasteiger charge is -2.10. The zero-order valence-electron chi connectivity index (χ0n) is 11.9. The number of nitrogens with two attached hydrogens (primary N) is 1. The summed E-state index contributed by atoms with van der Waals surface area (Å²) >= 11 is 0. The van der Waals surface area contributed by atoms with Gasteiger partial charge in [0.1, 0.15) is 0 Å². The second kappa shape index (κ2) is 6.26. The summed E-state index contributed by atoms with van der Waals surface area (Å²) in [5.41, 5.74) is 8.73. The Kier molecular flexibility index (Phi) is 4.42. The Labute approximate surface area is 122 Å². The molecule has 0 atom stereocenters. The smallest absolute Gasteiger partial charge is 0.251 e. The molecule has 1 amide bonds. The van der Waals surface area contributed by atoms with Crippen molar-refractivity contribution in [3.05, 3.63) is 58.9 Å². The van der Waals surface area contributed by atoms with Crippen LogP contribution in [0.4, 0.5) is 10.1 Å². The van der Waals surface area contributed by atoms with Crippen LogP contribution in [-0.4, -0.2) is 13.0 Å². The lowest BCUT2D eigenvalue weighted by Crippen LogP contribution is -2.23. The maximum atomic E-state index is 13.3. The maximum absolute atomic E-state index is 13.3. The van der Waals surface area contributed by atoms with Crippen molar-refractivity contribution in [3.63, 3.8) is 0 Å². The SMILES string of the molecule is COc1cc(C(=O)NCc2cccc(N)c2C)ccc1F. The number of hydrogen-bond donors (Lipinski definition) is 2. The number of carbonyl (C=O) groups excluding carboxylic acids is 1. The third-order valence-electron chi connectivity index (χ3n) is 3.34. The Morgan fingerprint density at radius 3 is 2.81 bits per heavy atom. The number of methoxy groups -OCH3 is 1. The second-order valence-electron chi connectivity index (χ2n) is 4.66. The highest BCUT2D eigenvalue weighted by atomic mass is 19.1. The van der Waals surface area contributed by atoms with Crippen LogP contribution in [-0.2, 0) is 6.54 Å². The van der Waals surface area contributed by atoms with E-state index < -0.39 is 5.82 Å². The summed E-state index contributed by atoms with van der Waals surface area (Å²) in [7, 11) is 1.36. The molecular formula is C16H17FN2O2. The molecule has 0 saturated heterocycles. The topological polar surface area (TPSA) is 64.3 Å². The molecule has 0 aliphatic rings. The number of anilines is 1. The second-order valence-corrected chi connectivity index (χ2v) is 4.66. The molecule has 110 valence electrons. The molecule has 0 aromatic heterocycles. The number of carbonyl (C=O) groups is 1. The minimum Gasteiger partial charge on any atom is -0.494 e. The van der Waals surface area contributed by atoms with Crippen molar-refractivity contribution in [3.8, 4) is 5.75 Å². The number of halogens is 1. The summed E-state index contributed by atoms with van der Waals surface area (Å²) in [6.45, 7) is 2.26. The van der Waals surface area contributed by atoms with E-state index in [1.807, 2.05) is 25.1 Å². The van der Waals surface area contributed by atoms with Gasteiger partial charge in [-0.1, -0.05) is 12.1 Å². The molecule has 0 bridgehead atoms. The minimum atomic E-state index is -0.499. The van der Waals surface area contributed by atoms with E-state index in [0.717, 1.165) is 11.1 Å². The zero-order valence-corrected chi connectivity index (χ0v) is 11.9. The predicted octanol–water partition coefficient (Wildman–Crippen LogP) is 2.65. The van der Waals surface area contributed by atoms with Crippen molar-refractivity contribution < 1.29 is 13.9 Å². The van der Waals surface area contributed by atoms with Crippen LogP contribution in [0.15, 0.2) is 36.4 Å². The first-order valence-electron chi connectivity index (χ1n) is 6.48. The first kappa shape index (κ1) is 14.8. The average molecular weight is 288 g/mol. The van der Waals surface area contributed by atoms with Gasteiger partial charge in [-0.25, -0.2) is 4.39 Å². The summed E-state index contributed by atoms with van der Waals surface area (Å²) in [5, 5.41) is 2.78. The Balaban J connectivity index is 2.10. The van der Waals surface area contributed by atoms with Gasteiger partial charge >= 0.3 is 0 Å². The van der Waals surface area contributed by atoms with Crippen molar-refractivity contribution in [1.29, 1.82) is 0 Å². The normalized spacial score (nSPS) is 10.2. The Hall–Kier alpha value is -2.56. The summed E-state index contributed by atoms with van der Waals surface area (Å²) < 4.78 is 18.2. The standard InChI is InChI=1S/C16H17FN2O2/c1-10-12(4-3-5-14(10)18)9-19-16(20)11-6-7-13(17)15(8-11)21-2/h3-8H,9,18H2,1-2H3,(H,19,20). The van der Waals surface area contributed by atoms with E-state index in [1.165, 1.54) is 25.3 Å². The molecule has 2 aromatic rings. The number of nitrogen functional groups attached to an aromatic ring is 1. The van der Waals surface area contributed by atoms with Gasteiger partial charge in [0.25, 0.3) is 5.91 Å². The lowest BCUT2D eigenvalue weighted by atomic mass is 10.1. The summed E-state index contributed by atoms with van der Waals surface area (Å²) in [4.78, 5) is 12.1. The van der Waals surface area contributed by atoms with Gasteiger partial charge < -0.3 is 15.8 Å². The van der Waals surface area contributed by atoms with Crippen molar-refractivity contribution >= 4 is 11.6 Å². The van der Waals surface area contributed by atoms with Crippen LogP contribution in [0.25, 0.3) is 0 Å². The van der Waals surface area contributed by atoms with E-state index in [4.69, 9.17) is 10.5 Å². The van der Waals surface area contributed by atoms with Crippen molar-refractivity contribution in [2.45, 2.75) is 13.5 Å². The number of amides is 1. The lowest BCUT2D eigenvalue weighted by molar-refractivity contribution is 0.0950. The van der Waals surface area contributed by atoms with Crippen LogP contribution >= 0.6 is 0 Å². The van der Waals surface area contributed by atoms with Gasteiger partial charge in [0.05, 0.1) is 7.11 Å². The van der Waals surface area contributed by atoms with Crippen LogP contribution in [0.1, 0.15) is 21.5 Å². The van der Waals surface area contributed by atoms with Gasteiger partial charge in [-0.15, -0.1) is 0 Å². The molecule has 0 heterocycles. The summed E-state index contributed by atoms with van der Waals surface area (Å²) in [6, 6.07) is 9.54. The van der Waals surface area contributed by atoms with Crippen LogP contribution in [0.2, 0.25) is 0 Å². The van der Waals surface area contributed by atoms with Gasteiger partial charge in [-0.3, -0.25) is 4.79 Å². The predicted molar refractivity (Wildman–Crippen MR) is 79.7 cm³/mol. The Morgan fingerprint density at radius 1 is 1.33 bits per heavy atom. The minimum absolute atomic E-state index is 0.0442. The molecule has 0 fully saturated rings. The van der Waals surface area contributed by atoms with Crippen molar-refractivity contribution in [2.24, 2.45) is 0 Å². The molecule has 4 nitrogen and oxygen atoms in total. The molecular weight excluding hydrogens is 271 g/mol. The first-order valence-corrected chi connectivity index (χ1v) is 6.48. The Bertz CT molecular complexity index is 671. The molecule has 0 saturated carbocycles. The fourth-order valence-corrected chi connectivity index (χ4v) is 1.97. The van der Waals surface area contributed by atoms with E-state index in [0.29, 0.717) is 17.8 Å². The average Bonchev–Trinajstić information content (AvgIpc) is 2.49. The van der Waals surface area contributed by atoms with E-state index in [-0.39, 0.29) is 11.7 Å². The summed E-state index contributed by atoms with van der Waals surface area (Å²) in [5.74, 6) is -0.751. The highest BCUT2D eigenvalue weighted by Gasteiger charge is 2.10. The largest absolute Gasteiger partial charge is 0.494 e. The molecule has 0 radical (unpaired) electrons. The molecule has 0 aliphatic carbocycles.